The van der Waals surface area contributed by atoms with Crippen LogP contribution < -0.4 is 0 Å². The Bertz CT molecular complexity index is 335. The summed E-state index contributed by atoms with van der Waals surface area (Å²) in [5.74, 6) is -0.412. The summed E-state index contributed by atoms with van der Waals surface area (Å²) in [6, 6.07) is -0.185. The first-order valence-corrected chi connectivity index (χ1v) is 6.85. The third-order valence-corrected chi connectivity index (χ3v) is 3.23. The standard InChI is InChI=1S/C14H25NO4/c1-6-18-12(16)9-10-7-8-11(15(10)5)13(17)19-14(2,3)4/h10-11H,6-9H2,1-5H3/t10?,11-/m1/s1. The molecular weight excluding hydrogens is 246 g/mol. The molecule has 1 fully saturated rings. The molecule has 0 aromatic rings. The first kappa shape index (κ1) is 16.0. The Labute approximate surface area is 115 Å². The Balaban J connectivity index is 2.53. The quantitative estimate of drug-likeness (QED) is 0.729. The molecule has 5 heteroatoms. The fraction of sp³-hybridized carbons (Fsp3) is 0.857. The van der Waals surface area contributed by atoms with Gasteiger partial charge in [0.2, 0.25) is 0 Å². The van der Waals surface area contributed by atoms with Gasteiger partial charge >= 0.3 is 11.9 Å². The van der Waals surface area contributed by atoms with Gasteiger partial charge in [0.05, 0.1) is 13.0 Å². The predicted molar refractivity (Wildman–Crippen MR) is 71.7 cm³/mol. The molecule has 1 saturated heterocycles. The van der Waals surface area contributed by atoms with Crippen molar-refractivity contribution in [3.63, 3.8) is 0 Å². The molecule has 0 bridgehead atoms. The summed E-state index contributed by atoms with van der Waals surface area (Å²) in [5.41, 5.74) is -0.475. The minimum Gasteiger partial charge on any atom is -0.466 e. The number of carbonyl (C=O) groups excluding carboxylic acids is 2. The van der Waals surface area contributed by atoms with E-state index in [1.165, 1.54) is 0 Å². The fourth-order valence-electron chi connectivity index (χ4n) is 2.32. The van der Waals surface area contributed by atoms with Crippen LogP contribution in [-0.2, 0) is 19.1 Å². The third-order valence-electron chi connectivity index (χ3n) is 3.23. The lowest BCUT2D eigenvalue weighted by Gasteiger charge is -2.27. The van der Waals surface area contributed by atoms with Crippen molar-refractivity contribution >= 4 is 11.9 Å². The van der Waals surface area contributed by atoms with Crippen LogP contribution in [0.25, 0.3) is 0 Å². The van der Waals surface area contributed by atoms with Crippen molar-refractivity contribution in [3.8, 4) is 0 Å². The smallest absolute Gasteiger partial charge is 0.323 e. The fourth-order valence-corrected chi connectivity index (χ4v) is 2.32. The molecule has 5 nitrogen and oxygen atoms in total. The molecule has 0 amide bonds. The first-order chi connectivity index (χ1) is 8.74. The average molecular weight is 271 g/mol. The van der Waals surface area contributed by atoms with Crippen LogP contribution in [0, 0.1) is 0 Å². The molecule has 0 aliphatic carbocycles. The van der Waals surface area contributed by atoms with Gasteiger partial charge in [0.25, 0.3) is 0 Å². The number of likely N-dealkylation sites (N-methyl/N-ethyl adjacent to an activating group) is 1. The highest BCUT2D eigenvalue weighted by atomic mass is 16.6. The van der Waals surface area contributed by atoms with E-state index in [0.717, 1.165) is 12.8 Å². The van der Waals surface area contributed by atoms with E-state index in [9.17, 15) is 9.59 Å². The van der Waals surface area contributed by atoms with Gasteiger partial charge in [0.1, 0.15) is 11.6 Å². The van der Waals surface area contributed by atoms with Gasteiger partial charge in [-0.2, -0.15) is 0 Å². The second kappa shape index (κ2) is 6.37. The molecule has 0 N–H and O–H groups in total. The molecule has 0 aromatic carbocycles. The number of hydrogen-bond donors (Lipinski definition) is 0. The normalized spacial score (nSPS) is 24.3. The van der Waals surface area contributed by atoms with Crippen LogP contribution >= 0.6 is 0 Å². The van der Waals surface area contributed by atoms with Gasteiger partial charge in [-0.25, -0.2) is 0 Å². The molecule has 0 saturated carbocycles. The van der Waals surface area contributed by atoms with Crippen molar-refractivity contribution in [2.45, 2.75) is 64.6 Å². The molecule has 1 aliphatic rings. The minimum atomic E-state index is -0.475. The molecule has 1 unspecified atom stereocenters. The van der Waals surface area contributed by atoms with Crippen LogP contribution in [0.15, 0.2) is 0 Å². The number of hydrogen-bond acceptors (Lipinski definition) is 5. The third kappa shape index (κ3) is 4.82. The number of likely N-dealkylation sites (tertiary alicyclic amines) is 1. The molecule has 2 atom stereocenters. The van der Waals surface area contributed by atoms with E-state index in [-0.39, 0.29) is 24.0 Å². The molecule has 1 aliphatic heterocycles. The van der Waals surface area contributed by atoms with Gasteiger partial charge in [-0.15, -0.1) is 0 Å². The summed E-state index contributed by atoms with van der Waals surface area (Å²) in [6.07, 6.45) is 1.89. The zero-order chi connectivity index (χ0) is 14.6. The summed E-state index contributed by atoms with van der Waals surface area (Å²) in [7, 11) is 1.87. The Hall–Kier alpha value is -1.10. The number of carbonyl (C=O) groups is 2. The van der Waals surface area contributed by atoms with Crippen LogP contribution in [0.2, 0.25) is 0 Å². The van der Waals surface area contributed by atoms with Crippen molar-refractivity contribution in [1.82, 2.24) is 4.90 Å². The molecule has 1 rings (SSSR count). The maximum atomic E-state index is 12.0. The van der Waals surface area contributed by atoms with Gasteiger partial charge < -0.3 is 9.47 Å². The van der Waals surface area contributed by atoms with Crippen LogP contribution in [0.4, 0.5) is 0 Å². The number of nitrogens with zero attached hydrogens (tertiary/aromatic N) is 1. The Kier molecular flexibility index (Phi) is 5.35. The van der Waals surface area contributed by atoms with Gasteiger partial charge in [0, 0.05) is 6.04 Å². The lowest BCUT2D eigenvalue weighted by molar-refractivity contribution is -0.161. The highest BCUT2D eigenvalue weighted by Crippen LogP contribution is 2.26. The zero-order valence-electron chi connectivity index (χ0n) is 12.6. The summed E-state index contributed by atoms with van der Waals surface area (Å²) >= 11 is 0. The largest absolute Gasteiger partial charge is 0.466 e. The molecular formula is C14H25NO4. The molecule has 1 heterocycles. The predicted octanol–water partition coefficient (Wildman–Crippen LogP) is 1.74. The monoisotopic (exact) mass is 271 g/mol. The van der Waals surface area contributed by atoms with Gasteiger partial charge in [-0.1, -0.05) is 0 Å². The van der Waals surface area contributed by atoms with Gasteiger partial charge in [-0.3, -0.25) is 14.5 Å². The first-order valence-electron chi connectivity index (χ1n) is 6.85. The van der Waals surface area contributed by atoms with Crippen molar-refractivity contribution in [2.24, 2.45) is 0 Å². The number of esters is 2. The van der Waals surface area contributed by atoms with Gasteiger partial charge in [0.15, 0.2) is 0 Å². The molecule has 0 aromatic heterocycles. The summed E-state index contributed by atoms with van der Waals surface area (Å²) in [5, 5.41) is 0. The number of ether oxygens (including phenoxy) is 2. The molecule has 0 radical (unpaired) electrons. The zero-order valence-corrected chi connectivity index (χ0v) is 12.6. The lowest BCUT2D eigenvalue weighted by atomic mass is 10.1. The van der Waals surface area contributed by atoms with Crippen LogP contribution in [-0.4, -0.2) is 48.2 Å². The van der Waals surface area contributed by atoms with Crippen LogP contribution in [0.5, 0.6) is 0 Å². The second-order valence-electron chi connectivity index (χ2n) is 5.96. The van der Waals surface area contributed by atoms with E-state index in [4.69, 9.17) is 9.47 Å². The SMILES string of the molecule is CCOC(=O)CC1CC[C@H](C(=O)OC(C)(C)C)N1C. The van der Waals surface area contributed by atoms with Crippen molar-refractivity contribution < 1.29 is 19.1 Å². The highest BCUT2D eigenvalue weighted by Gasteiger charge is 2.38. The van der Waals surface area contributed by atoms with Crippen LogP contribution in [0.1, 0.15) is 47.0 Å². The topological polar surface area (TPSA) is 55.8 Å². The Morgan fingerprint density at radius 1 is 1.26 bits per heavy atom. The summed E-state index contributed by atoms with van der Waals surface area (Å²) in [6.45, 7) is 7.76. The molecule has 110 valence electrons. The minimum absolute atomic E-state index is 0.0663. The van der Waals surface area contributed by atoms with Crippen LogP contribution in [0.3, 0.4) is 0 Å². The second-order valence-corrected chi connectivity index (χ2v) is 5.96. The number of rotatable bonds is 4. The summed E-state index contributed by atoms with van der Waals surface area (Å²) in [4.78, 5) is 25.5. The van der Waals surface area contributed by atoms with Crippen molar-refractivity contribution in [2.75, 3.05) is 13.7 Å². The van der Waals surface area contributed by atoms with E-state index in [1.807, 2.05) is 32.7 Å². The molecule has 0 spiro atoms. The Morgan fingerprint density at radius 2 is 1.89 bits per heavy atom. The highest BCUT2D eigenvalue weighted by molar-refractivity contribution is 5.77. The maximum Gasteiger partial charge on any atom is 0.323 e. The van der Waals surface area contributed by atoms with E-state index in [1.54, 1.807) is 6.92 Å². The lowest BCUT2D eigenvalue weighted by Crippen LogP contribution is -2.42. The average Bonchev–Trinajstić information content (AvgIpc) is 2.58. The van der Waals surface area contributed by atoms with E-state index in [0.29, 0.717) is 13.0 Å². The molecule has 19 heavy (non-hydrogen) atoms. The van der Waals surface area contributed by atoms with E-state index < -0.39 is 5.60 Å². The van der Waals surface area contributed by atoms with E-state index in [2.05, 4.69) is 0 Å². The van der Waals surface area contributed by atoms with E-state index >= 15 is 0 Å². The summed E-state index contributed by atoms with van der Waals surface area (Å²) < 4.78 is 10.3. The maximum absolute atomic E-state index is 12.0. The van der Waals surface area contributed by atoms with Crippen molar-refractivity contribution in [1.29, 1.82) is 0 Å². The Morgan fingerprint density at radius 3 is 2.42 bits per heavy atom. The van der Waals surface area contributed by atoms with Crippen molar-refractivity contribution in [3.05, 3.63) is 0 Å². The van der Waals surface area contributed by atoms with Gasteiger partial charge in [-0.05, 0) is 47.6 Å².